The molecule has 0 fully saturated rings. The van der Waals surface area contributed by atoms with Gasteiger partial charge in [0.2, 0.25) is 10.0 Å². The van der Waals surface area contributed by atoms with Crippen molar-refractivity contribution < 1.29 is 13.5 Å². The van der Waals surface area contributed by atoms with Crippen LogP contribution in [0.2, 0.25) is 0 Å². The van der Waals surface area contributed by atoms with Gasteiger partial charge < -0.3 is 5.11 Å². The molecule has 0 amide bonds. The van der Waals surface area contributed by atoms with Crippen LogP contribution < -0.4 is 5.14 Å². The Morgan fingerprint density at radius 3 is 2.08 bits per heavy atom. The zero-order chi connectivity index (χ0) is 18.9. The number of rotatable bonds is 4. The van der Waals surface area contributed by atoms with E-state index in [4.69, 9.17) is 5.14 Å². The van der Waals surface area contributed by atoms with Gasteiger partial charge in [-0.15, -0.1) is 0 Å². The van der Waals surface area contributed by atoms with Crippen molar-refractivity contribution in [3.05, 3.63) is 78.4 Å². The molecule has 0 bridgehead atoms. The van der Waals surface area contributed by atoms with Crippen LogP contribution in [0.1, 0.15) is 19.4 Å². The topological polar surface area (TPSA) is 80.4 Å². The van der Waals surface area contributed by atoms with Crippen molar-refractivity contribution in [3.8, 4) is 22.3 Å². The largest absolute Gasteiger partial charge is 0.386 e. The molecule has 3 rings (SSSR count). The van der Waals surface area contributed by atoms with E-state index in [1.807, 2.05) is 54.6 Å². The van der Waals surface area contributed by atoms with Crippen molar-refractivity contribution in [2.75, 3.05) is 0 Å². The zero-order valence-corrected chi connectivity index (χ0v) is 15.5. The molecule has 0 heterocycles. The summed E-state index contributed by atoms with van der Waals surface area (Å²) in [7, 11) is -3.82. The molecule has 3 aromatic rings. The molecule has 0 spiro atoms. The molecule has 0 saturated heterocycles. The molecule has 0 unspecified atom stereocenters. The van der Waals surface area contributed by atoms with Gasteiger partial charge in [0.05, 0.1) is 10.5 Å². The molecule has 3 aromatic carbocycles. The van der Waals surface area contributed by atoms with Crippen LogP contribution in [0.5, 0.6) is 0 Å². The van der Waals surface area contributed by atoms with Crippen molar-refractivity contribution in [2.45, 2.75) is 24.3 Å². The van der Waals surface area contributed by atoms with Gasteiger partial charge in [-0.2, -0.15) is 0 Å². The first-order valence-corrected chi connectivity index (χ1v) is 9.76. The summed E-state index contributed by atoms with van der Waals surface area (Å²) in [5.74, 6) is 0. The lowest BCUT2D eigenvalue weighted by Gasteiger charge is -2.19. The van der Waals surface area contributed by atoms with Crippen LogP contribution in [0.25, 0.3) is 22.3 Å². The minimum Gasteiger partial charge on any atom is -0.386 e. The van der Waals surface area contributed by atoms with E-state index in [0.29, 0.717) is 0 Å². The minimum absolute atomic E-state index is 0.0563. The van der Waals surface area contributed by atoms with Gasteiger partial charge in [-0.25, -0.2) is 13.6 Å². The smallest absolute Gasteiger partial charge is 0.238 e. The number of sulfonamides is 1. The fourth-order valence-electron chi connectivity index (χ4n) is 2.88. The molecule has 3 N–H and O–H groups in total. The summed E-state index contributed by atoms with van der Waals surface area (Å²) in [4.78, 5) is 0.0563. The van der Waals surface area contributed by atoms with E-state index < -0.39 is 15.6 Å². The lowest BCUT2D eigenvalue weighted by molar-refractivity contribution is 0.0786. The molecule has 4 nitrogen and oxygen atoms in total. The summed E-state index contributed by atoms with van der Waals surface area (Å²) in [6.45, 7) is 3.43. The molecule has 5 heteroatoms. The monoisotopic (exact) mass is 367 g/mol. The first kappa shape index (κ1) is 18.3. The van der Waals surface area contributed by atoms with E-state index in [1.165, 1.54) is 6.07 Å². The summed E-state index contributed by atoms with van der Waals surface area (Å²) < 4.78 is 23.7. The number of aliphatic hydroxyl groups is 1. The second-order valence-electron chi connectivity index (χ2n) is 6.76. The highest BCUT2D eigenvalue weighted by Gasteiger charge is 2.18. The standard InChI is InChI=1S/C21H21NO3S/c1-21(2,23)17-10-6-9-16(13-17)20-14-18(26(22,24)25)11-12-19(20)15-7-4-3-5-8-15/h3-14,23H,1-2H3,(H2,22,24,25). The second-order valence-corrected chi connectivity index (χ2v) is 8.32. The van der Waals surface area contributed by atoms with Gasteiger partial charge >= 0.3 is 0 Å². The van der Waals surface area contributed by atoms with Gasteiger partial charge in [0, 0.05) is 0 Å². The molecule has 134 valence electrons. The molecule has 0 saturated carbocycles. The van der Waals surface area contributed by atoms with Crippen molar-refractivity contribution in [2.24, 2.45) is 5.14 Å². The highest BCUT2D eigenvalue weighted by Crippen LogP contribution is 2.35. The normalized spacial score (nSPS) is 12.2. The van der Waals surface area contributed by atoms with Crippen molar-refractivity contribution in [1.29, 1.82) is 0 Å². The Kier molecular flexibility index (Phi) is 4.71. The Hall–Kier alpha value is -2.47. The van der Waals surface area contributed by atoms with Crippen LogP contribution in [0.15, 0.2) is 77.7 Å². The summed E-state index contributed by atoms with van der Waals surface area (Å²) in [6.07, 6.45) is 0. The van der Waals surface area contributed by atoms with Crippen LogP contribution in [0.3, 0.4) is 0 Å². The maximum Gasteiger partial charge on any atom is 0.238 e. The van der Waals surface area contributed by atoms with Gasteiger partial charge in [0.15, 0.2) is 0 Å². The van der Waals surface area contributed by atoms with Gasteiger partial charge in [-0.1, -0.05) is 54.6 Å². The van der Waals surface area contributed by atoms with Crippen molar-refractivity contribution in [1.82, 2.24) is 0 Å². The molecular formula is C21H21NO3S. The minimum atomic E-state index is -3.82. The average molecular weight is 367 g/mol. The van der Waals surface area contributed by atoms with Crippen LogP contribution in [0.4, 0.5) is 0 Å². The Balaban J connectivity index is 2.27. The van der Waals surface area contributed by atoms with Gasteiger partial charge in [-0.3, -0.25) is 0 Å². The van der Waals surface area contributed by atoms with Crippen LogP contribution in [-0.2, 0) is 15.6 Å². The first-order chi connectivity index (χ1) is 12.2. The maximum atomic E-state index is 11.8. The Bertz CT molecular complexity index is 1040. The van der Waals surface area contributed by atoms with Gasteiger partial charge in [0.1, 0.15) is 0 Å². The van der Waals surface area contributed by atoms with E-state index in [-0.39, 0.29) is 4.90 Å². The summed E-state index contributed by atoms with van der Waals surface area (Å²) in [5.41, 5.74) is 3.17. The molecule has 0 aliphatic rings. The number of hydrogen-bond donors (Lipinski definition) is 2. The lowest BCUT2D eigenvalue weighted by Crippen LogP contribution is -2.15. The van der Waals surface area contributed by atoms with Crippen LogP contribution >= 0.6 is 0 Å². The van der Waals surface area contributed by atoms with E-state index in [9.17, 15) is 13.5 Å². The fourth-order valence-corrected chi connectivity index (χ4v) is 3.42. The van der Waals surface area contributed by atoms with Crippen molar-refractivity contribution in [3.63, 3.8) is 0 Å². The third-order valence-corrected chi connectivity index (χ3v) is 5.20. The highest BCUT2D eigenvalue weighted by molar-refractivity contribution is 7.89. The Morgan fingerprint density at radius 2 is 1.46 bits per heavy atom. The van der Waals surface area contributed by atoms with E-state index in [0.717, 1.165) is 27.8 Å². The van der Waals surface area contributed by atoms with Crippen LogP contribution in [0, 0.1) is 0 Å². The van der Waals surface area contributed by atoms with E-state index in [2.05, 4.69) is 0 Å². The van der Waals surface area contributed by atoms with Gasteiger partial charge in [0.25, 0.3) is 0 Å². The Labute approximate surface area is 154 Å². The quantitative estimate of drug-likeness (QED) is 0.734. The molecule has 0 aliphatic heterocycles. The predicted octanol–water partition coefficient (Wildman–Crippen LogP) is 3.90. The van der Waals surface area contributed by atoms with E-state index in [1.54, 1.807) is 26.0 Å². The molecule has 0 aliphatic carbocycles. The number of benzene rings is 3. The molecule has 0 atom stereocenters. The second kappa shape index (κ2) is 6.68. The summed E-state index contributed by atoms with van der Waals surface area (Å²) in [6, 6.07) is 22.0. The predicted molar refractivity (Wildman–Crippen MR) is 104 cm³/mol. The summed E-state index contributed by atoms with van der Waals surface area (Å²) in [5, 5.41) is 15.6. The molecular weight excluding hydrogens is 346 g/mol. The Morgan fingerprint density at radius 1 is 0.808 bits per heavy atom. The zero-order valence-electron chi connectivity index (χ0n) is 14.7. The fraction of sp³-hybridized carbons (Fsp3) is 0.143. The van der Waals surface area contributed by atoms with E-state index >= 15 is 0 Å². The number of nitrogens with two attached hydrogens (primary N) is 1. The highest BCUT2D eigenvalue weighted by atomic mass is 32.2. The lowest BCUT2D eigenvalue weighted by atomic mass is 9.90. The third kappa shape index (κ3) is 3.85. The maximum absolute atomic E-state index is 11.8. The molecule has 0 aromatic heterocycles. The average Bonchev–Trinajstić information content (AvgIpc) is 2.60. The first-order valence-electron chi connectivity index (χ1n) is 8.22. The van der Waals surface area contributed by atoms with Crippen LogP contribution in [-0.4, -0.2) is 13.5 Å². The molecule has 26 heavy (non-hydrogen) atoms. The third-order valence-electron chi connectivity index (χ3n) is 4.28. The summed E-state index contributed by atoms with van der Waals surface area (Å²) >= 11 is 0. The SMILES string of the molecule is CC(C)(O)c1cccc(-c2cc(S(N)(=O)=O)ccc2-c2ccccc2)c1. The number of primary sulfonamides is 1. The van der Waals surface area contributed by atoms with Gasteiger partial charge in [-0.05, 0) is 59.9 Å². The number of hydrogen-bond acceptors (Lipinski definition) is 3. The van der Waals surface area contributed by atoms with Crippen molar-refractivity contribution >= 4 is 10.0 Å². The molecule has 0 radical (unpaired) electrons.